The van der Waals surface area contributed by atoms with E-state index < -0.39 is 18.1 Å². The Kier molecular flexibility index (Phi) is 5.15. The molecule has 3 aromatic rings. The molecule has 0 N–H and O–H groups in total. The van der Waals surface area contributed by atoms with Gasteiger partial charge in [-0.1, -0.05) is 49.4 Å². The van der Waals surface area contributed by atoms with Crippen molar-refractivity contribution >= 4 is 23.2 Å². The second-order valence-electron chi connectivity index (χ2n) is 7.97. The Bertz CT molecular complexity index is 1150. The van der Waals surface area contributed by atoms with Crippen molar-refractivity contribution in [2.45, 2.75) is 25.5 Å². The van der Waals surface area contributed by atoms with Crippen molar-refractivity contribution in [3.05, 3.63) is 90.0 Å². The van der Waals surface area contributed by atoms with Gasteiger partial charge in [-0.3, -0.25) is 14.4 Å². The van der Waals surface area contributed by atoms with Crippen LogP contribution in [0.4, 0.5) is 11.4 Å². The third-order valence-corrected chi connectivity index (χ3v) is 6.16. The summed E-state index contributed by atoms with van der Waals surface area (Å²) in [4.78, 5) is 34.4. The molecule has 5 rings (SSSR count). The van der Waals surface area contributed by atoms with E-state index in [2.05, 4.69) is 6.92 Å². The van der Waals surface area contributed by atoms with Gasteiger partial charge in [-0.15, -0.1) is 0 Å². The van der Waals surface area contributed by atoms with Gasteiger partial charge in [0.1, 0.15) is 11.7 Å². The summed E-state index contributed by atoms with van der Waals surface area (Å²) in [5.41, 5.74) is 3.36. The Balaban J connectivity index is 1.57. The van der Waals surface area contributed by atoms with Gasteiger partial charge >= 0.3 is 0 Å². The number of hydrogen-bond acceptors (Lipinski definition) is 5. The number of para-hydroxylation sites is 1. The maximum absolute atomic E-state index is 13.6. The highest BCUT2D eigenvalue weighted by Gasteiger charge is 2.60. The molecule has 3 atom stereocenters. The molecule has 0 saturated carbocycles. The van der Waals surface area contributed by atoms with Crippen LogP contribution >= 0.6 is 0 Å². The van der Waals surface area contributed by atoms with E-state index in [0.29, 0.717) is 11.4 Å². The molecule has 0 radical (unpaired) electrons. The fourth-order valence-electron chi connectivity index (χ4n) is 4.51. The summed E-state index contributed by atoms with van der Waals surface area (Å²) in [5, 5.41) is 1.69. The summed E-state index contributed by atoms with van der Waals surface area (Å²) in [5.74, 6) is -0.575. The first-order valence-corrected chi connectivity index (χ1v) is 10.7. The van der Waals surface area contributed by atoms with Crippen molar-refractivity contribution in [1.29, 1.82) is 0 Å². The molecule has 0 aromatic heterocycles. The average molecular weight is 428 g/mol. The van der Waals surface area contributed by atoms with E-state index in [1.54, 1.807) is 12.2 Å². The van der Waals surface area contributed by atoms with Crippen LogP contribution in [0.2, 0.25) is 0 Å². The van der Waals surface area contributed by atoms with Gasteiger partial charge < -0.3 is 4.74 Å². The summed E-state index contributed by atoms with van der Waals surface area (Å²) < 4.78 is 5.41. The van der Waals surface area contributed by atoms with Crippen LogP contribution in [0.3, 0.4) is 0 Å². The first-order valence-electron chi connectivity index (χ1n) is 10.7. The van der Waals surface area contributed by atoms with Crippen molar-refractivity contribution < 1.29 is 19.2 Å². The normalized spacial score (nSPS) is 22.4. The van der Waals surface area contributed by atoms with Crippen molar-refractivity contribution in [2.24, 2.45) is 5.92 Å². The molecule has 32 heavy (non-hydrogen) atoms. The lowest BCUT2D eigenvalue weighted by atomic mass is 9.90. The lowest BCUT2D eigenvalue weighted by molar-refractivity contribution is -0.126. The van der Waals surface area contributed by atoms with Crippen LogP contribution in [0.5, 0.6) is 5.75 Å². The summed E-state index contributed by atoms with van der Waals surface area (Å²) in [6, 6.07) is 24.2. The Labute approximate surface area is 186 Å². The number of anilines is 2. The zero-order valence-corrected chi connectivity index (χ0v) is 18.0. The molecular weight excluding hydrogens is 404 g/mol. The minimum Gasteiger partial charge on any atom is -0.497 e. The zero-order valence-electron chi connectivity index (χ0n) is 18.0. The standard InChI is InChI=1S/C26H24N2O4/c1-3-17-12-14-19(15-13-17)27-25(29)22-23(18-8-7-11-21(16-18)31-2)28(32-24(22)26(27)30)20-9-5-4-6-10-20/h4-16,22-24H,3H2,1-2H3/t22-,23+,24-/m1/s1. The largest absolute Gasteiger partial charge is 0.497 e. The van der Waals surface area contributed by atoms with Crippen LogP contribution in [-0.2, 0) is 20.8 Å². The van der Waals surface area contributed by atoms with Crippen molar-refractivity contribution in [2.75, 3.05) is 17.1 Å². The van der Waals surface area contributed by atoms with Gasteiger partial charge in [0.15, 0.2) is 6.10 Å². The minimum absolute atomic E-state index is 0.254. The number of hydroxylamine groups is 1. The molecule has 3 aromatic carbocycles. The Morgan fingerprint density at radius 1 is 0.875 bits per heavy atom. The highest BCUT2D eigenvalue weighted by Crippen LogP contribution is 2.47. The number of ether oxygens (including phenoxy) is 1. The molecule has 6 heteroatoms. The van der Waals surface area contributed by atoms with Gasteiger partial charge in [0.05, 0.1) is 24.5 Å². The van der Waals surface area contributed by atoms with Gasteiger partial charge in [0.25, 0.3) is 5.91 Å². The second-order valence-corrected chi connectivity index (χ2v) is 7.97. The molecular formula is C26H24N2O4. The van der Waals surface area contributed by atoms with E-state index in [4.69, 9.17) is 9.57 Å². The van der Waals surface area contributed by atoms with Crippen molar-refractivity contribution in [1.82, 2.24) is 0 Å². The van der Waals surface area contributed by atoms with E-state index in [9.17, 15) is 9.59 Å². The third kappa shape index (κ3) is 3.24. The zero-order chi connectivity index (χ0) is 22.2. The number of aryl methyl sites for hydroxylation is 1. The lowest BCUT2D eigenvalue weighted by Gasteiger charge is -2.29. The smallest absolute Gasteiger partial charge is 0.266 e. The molecule has 2 amide bonds. The molecule has 2 aliphatic heterocycles. The van der Waals surface area contributed by atoms with Gasteiger partial charge in [0.2, 0.25) is 5.91 Å². The number of benzene rings is 3. The van der Waals surface area contributed by atoms with Crippen LogP contribution in [-0.4, -0.2) is 25.0 Å². The van der Waals surface area contributed by atoms with Crippen LogP contribution in [0.25, 0.3) is 0 Å². The van der Waals surface area contributed by atoms with E-state index in [1.165, 1.54) is 4.90 Å². The summed E-state index contributed by atoms with van der Waals surface area (Å²) in [6.45, 7) is 2.07. The Hall–Kier alpha value is -3.64. The summed E-state index contributed by atoms with van der Waals surface area (Å²) in [6.07, 6.45) is 0.00489. The van der Waals surface area contributed by atoms with Gasteiger partial charge in [-0.05, 0) is 53.9 Å². The molecule has 0 aliphatic carbocycles. The number of hydrogen-bond donors (Lipinski definition) is 0. The molecule has 0 spiro atoms. The fourth-order valence-corrected chi connectivity index (χ4v) is 4.51. The van der Waals surface area contributed by atoms with Gasteiger partial charge in [-0.2, -0.15) is 0 Å². The maximum atomic E-state index is 13.6. The molecule has 2 heterocycles. The van der Waals surface area contributed by atoms with Crippen LogP contribution in [0.1, 0.15) is 24.1 Å². The Morgan fingerprint density at radius 2 is 1.62 bits per heavy atom. The number of methoxy groups -OCH3 is 1. The fraction of sp³-hybridized carbons (Fsp3) is 0.231. The predicted molar refractivity (Wildman–Crippen MR) is 121 cm³/mol. The highest BCUT2D eigenvalue weighted by molar-refractivity contribution is 6.23. The Morgan fingerprint density at radius 3 is 2.31 bits per heavy atom. The average Bonchev–Trinajstić information content (AvgIpc) is 3.36. The monoisotopic (exact) mass is 428 g/mol. The maximum Gasteiger partial charge on any atom is 0.266 e. The number of imide groups is 1. The predicted octanol–water partition coefficient (Wildman–Crippen LogP) is 4.31. The van der Waals surface area contributed by atoms with Gasteiger partial charge in [-0.25, -0.2) is 9.96 Å². The number of rotatable bonds is 5. The third-order valence-electron chi connectivity index (χ3n) is 6.16. The van der Waals surface area contributed by atoms with E-state index in [0.717, 1.165) is 23.2 Å². The van der Waals surface area contributed by atoms with Crippen LogP contribution in [0.15, 0.2) is 78.9 Å². The molecule has 0 bridgehead atoms. The first-order chi connectivity index (χ1) is 15.6. The number of nitrogens with zero attached hydrogens (tertiary/aromatic N) is 2. The van der Waals surface area contributed by atoms with E-state index in [-0.39, 0.29) is 11.8 Å². The van der Waals surface area contributed by atoms with Gasteiger partial charge in [0, 0.05) is 0 Å². The second kappa shape index (κ2) is 8.13. The first kappa shape index (κ1) is 20.3. The molecule has 0 unspecified atom stereocenters. The van der Waals surface area contributed by atoms with E-state index in [1.807, 2.05) is 78.9 Å². The molecule has 2 fully saturated rings. The van der Waals surface area contributed by atoms with Crippen LogP contribution < -0.4 is 14.7 Å². The van der Waals surface area contributed by atoms with Crippen molar-refractivity contribution in [3.8, 4) is 5.75 Å². The summed E-state index contributed by atoms with van der Waals surface area (Å²) >= 11 is 0. The number of carbonyl (C=O) groups is 2. The lowest BCUT2D eigenvalue weighted by Crippen LogP contribution is -2.37. The molecule has 2 aliphatic rings. The topological polar surface area (TPSA) is 59.1 Å². The molecule has 2 saturated heterocycles. The molecule has 162 valence electrons. The quantitative estimate of drug-likeness (QED) is 0.567. The number of fused-ring (bicyclic) bond motifs is 1. The van der Waals surface area contributed by atoms with Crippen molar-refractivity contribution in [3.63, 3.8) is 0 Å². The van der Waals surface area contributed by atoms with E-state index >= 15 is 0 Å². The summed E-state index contributed by atoms with van der Waals surface area (Å²) in [7, 11) is 1.61. The minimum atomic E-state index is -0.884. The number of carbonyl (C=O) groups excluding carboxylic acids is 2. The SMILES string of the molecule is CCc1ccc(N2C(=O)[C@H]3[C@@H](ON(c4ccccc4)[C@H]3c3cccc(OC)c3)C2=O)cc1. The molecule has 6 nitrogen and oxygen atoms in total. The van der Waals surface area contributed by atoms with Crippen LogP contribution in [0, 0.1) is 5.92 Å². The number of amides is 2. The highest BCUT2D eigenvalue weighted by atomic mass is 16.7.